The van der Waals surface area contributed by atoms with Gasteiger partial charge in [-0.05, 0) is 13.8 Å². The number of rotatable bonds is 2. The van der Waals surface area contributed by atoms with Gasteiger partial charge in [-0.3, -0.25) is 4.99 Å². The van der Waals surface area contributed by atoms with Crippen LogP contribution >= 0.6 is 0 Å². The van der Waals surface area contributed by atoms with Gasteiger partial charge in [0, 0.05) is 6.54 Å². The molecule has 6 nitrogen and oxygen atoms in total. The first-order valence-corrected chi connectivity index (χ1v) is 5.10. The van der Waals surface area contributed by atoms with Crippen molar-refractivity contribution in [1.82, 2.24) is 4.90 Å². The van der Waals surface area contributed by atoms with Crippen LogP contribution < -0.4 is 5.73 Å². The molecule has 0 aromatic carbocycles. The standard InChI is InChI=1S/C9H15N5O/c1-3-14-5-11-6-7(14)12-9(10)13-8(6)15-4-2/h5-7H,3-4H2,1-2H3,(H2,10,12). The Hall–Kier alpha value is -1.59. The van der Waals surface area contributed by atoms with Crippen molar-refractivity contribution in [2.45, 2.75) is 26.1 Å². The summed E-state index contributed by atoms with van der Waals surface area (Å²) < 4.78 is 5.41. The molecule has 0 amide bonds. The second kappa shape index (κ2) is 3.88. The molecule has 2 aliphatic rings. The maximum absolute atomic E-state index is 5.63. The van der Waals surface area contributed by atoms with E-state index in [2.05, 4.69) is 15.0 Å². The van der Waals surface area contributed by atoms with Gasteiger partial charge in [-0.2, -0.15) is 4.99 Å². The van der Waals surface area contributed by atoms with E-state index < -0.39 is 0 Å². The molecule has 0 radical (unpaired) electrons. The summed E-state index contributed by atoms with van der Waals surface area (Å²) >= 11 is 0. The van der Waals surface area contributed by atoms with Gasteiger partial charge in [0.1, 0.15) is 0 Å². The molecule has 0 saturated carbocycles. The number of nitrogens with zero attached hydrogens (tertiary/aromatic N) is 4. The van der Waals surface area contributed by atoms with E-state index in [1.165, 1.54) is 0 Å². The fourth-order valence-electron chi connectivity index (χ4n) is 1.70. The Morgan fingerprint density at radius 1 is 1.53 bits per heavy atom. The SMILES string of the molecule is CCOC1=NC(N)=NC2C1N=CN2CC. The molecule has 0 aromatic heterocycles. The van der Waals surface area contributed by atoms with Gasteiger partial charge in [0.2, 0.25) is 11.9 Å². The molecule has 2 rings (SSSR count). The summed E-state index contributed by atoms with van der Waals surface area (Å²) in [6, 6.07) is -0.128. The molecule has 2 N–H and O–H groups in total. The molecule has 0 aromatic rings. The lowest BCUT2D eigenvalue weighted by atomic mass is 10.2. The van der Waals surface area contributed by atoms with Crippen LogP contribution in [0.25, 0.3) is 0 Å². The Morgan fingerprint density at radius 2 is 2.33 bits per heavy atom. The molecule has 0 spiro atoms. The fourth-order valence-corrected chi connectivity index (χ4v) is 1.70. The Bertz CT molecular complexity index is 335. The van der Waals surface area contributed by atoms with Crippen molar-refractivity contribution in [2.24, 2.45) is 20.7 Å². The molecule has 0 aliphatic carbocycles. The van der Waals surface area contributed by atoms with Crippen molar-refractivity contribution in [1.29, 1.82) is 0 Å². The summed E-state index contributed by atoms with van der Waals surface area (Å²) in [5.74, 6) is 0.839. The highest BCUT2D eigenvalue weighted by Crippen LogP contribution is 2.20. The van der Waals surface area contributed by atoms with Crippen molar-refractivity contribution in [3.63, 3.8) is 0 Å². The summed E-state index contributed by atoms with van der Waals surface area (Å²) in [5, 5.41) is 0. The molecule has 15 heavy (non-hydrogen) atoms. The average Bonchev–Trinajstić information content (AvgIpc) is 2.61. The van der Waals surface area contributed by atoms with Gasteiger partial charge in [0.15, 0.2) is 12.2 Å². The predicted molar refractivity (Wildman–Crippen MR) is 59.1 cm³/mol. The number of fused-ring (bicyclic) bond motifs is 1. The third kappa shape index (κ3) is 1.67. The van der Waals surface area contributed by atoms with Gasteiger partial charge in [-0.1, -0.05) is 0 Å². The van der Waals surface area contributed by atoms with Crippen molar-refractivity contribution in [2.75, 3.05) is 13.2 Å². The van der Waals surface area contributed by atoms with E-state index in [9.17, 15) is 0 Å². The molecular formula is C9H15N5O. The maximum Gasteiger partial charge on any atom is 0.221 e. The van der Waals surface area contributed by atoms with Crippen LogP contribution in [-0.4, -0.2) is 48.5 Å². The van der Waals surface area contributed by atoms with Crippen LogP contribution in [0.5, 0.6) is 0 Å². The van der Waals surface area contributed by atoms with E-state index in [0.29, 0.717) is 12.5 Å². The Balaban J connectivity index is 2.22. The lowest BCUT2D eigenvalue weighted by Gasteiger charge is -2.26. The monoisotopic (exact) mass is 209 g/mol. The first-order valence-electron chi connectivity index (χ1n) is 5.10. The molecule has 2 aliphatic heterocycles. The number of aliphatic imine (C=N–C) groups is 3. The number of likely N-dealkylation sites (N-methyl/N-ethyl adjacent to an activating group) is 1. The van der Waals surface area contributed by atoms with E-state index in [-0.39, 0.29) is 18.2 Å². The Kier molecular flexibility index (Phi) is 2.57. The van der Waals surface area contributed by atoms with E-state index >= 15 is 0 Å². The predicted octanol–water partition coefficient (Wildman–Crippen LogP) is -0.192. The molecule has 82 valence electrons. The summed E-state index contributed by atoms with van der Waals surface area (Å²) in [6.45, 7) is 5.37. The Morgan fingerprint density at radius 3 is 3.00 bits per heavy atom. The highest BCUT2D eigenvalue weighted by molar-refractivity contribution is 5.99. The summed E-state index contributed by atoms with van der Waals surface area (Å²) in [5.41, 5.74) is 5.63. The zero-order valence-electron chi connectivity index (χ0n) is 8.92. The molecule has 2 heterocycles. The maximum atomic E-state index is 5.63. The van der Waals surface area contributed by atoms with Crippen molar-refractivity contribution >= 4 is 18.2 Å². The van der Waals surface area contributed by atoms with Crippen LogP contribution in [0.1, 0.15) is 13.8 Å². The largest absolute Gasteiger partial charge is 0.479 e. The number of guanidine groups is 1. The minimum Gasteiger partial charge on any atom is -0.479 e. The number of hydrogen-bond donors (Lipinski definition) is 1. The van der Waals surface area contributed by atoms with Gasteiger partial charge in [0.25, 0.3) is 0 Å². The normalized spacial score (nSPS) is 28.5. The van der Waals surface area contributed by atoms with Crippen LogP contribution in [0, 0.1) is 0 Å². The van der Waals surface area contributed by atoms with Crippen molar-refractivity contribution in [3.05, 3.63) is 0 Å². The fraction of sp³-hybridized carbons (Fsp3) is 0.667. The van der Waals surface area contributed by atoms with Gasteiger partial charge >= 0.3 is 0 Å². The zero-order chi connectivity index (χ0) is 10.8. The van der Waals surface area contributed by atoms with Crippen LogP contribution in [0.2, 0.25) is 0 Å². The summed E-state index contributed by atoms with van der Waals surface area (Å²) in [7, 11) is 0. The van der Waals surface area contributed by atoms with Crippen LogP contribution in [0.3, 0.4) is 0 Å². The zero-order valence-corrected chi connectivity index (χ0v) is 8.92. The van der Waals surface area contributed by atoms with Gasteiger partial charge < -0.3 is 15.4 Å². The van der Waals surface area contributed by atoms with Crippen LogP contribution in [0.4, 0.5) is 0 Å². The van der Waals surface area contributed by atoms with Crippen molar-refractivity contribution in [3.8, 4) is 0 Å². The quantitative estimate of drug-likeness (QED) is 0.684. The average molecular weight is 209 g/mol. The number of hydrogen-bond acceptors (Lipinski definition) is 6. The molecule has 2 atom stereocenters. The number of ether oxygens (including phenoxy) is 1. The summed E-state index contributed by atoms with van der Waals surface area (Å²) in [4.78, 5) is 14.7. The first kappa shape index (κ1) is 9.95. The van der Waals surface area contributed by atoms with Crippen LogP contribution in [0.15, 0.2) is 15.0 Å². The van der Waals surface area contributed by atoms with E-state index in [4.69, 9.17) is 10.5 Å². The highest BCUT2D eigenvalue weighted by Gasteiger charge is 2.37. The third-order valence-electron chi connectivity index (χ3n) is 2.40. The molecule has 2 unspecified atom stereocenters. The first-order chi connectivity index (χ1) is 7.26. The van der Waals surface area contributed by atoms with E-state index in [0.717, 1.165) is 6.54 Å². The van der Waals surface area contributed by atoms with Gasteiger partial charge in [-0.25, -0.2) is 4.99 Å². The Labute approximate surface area is 88.5 Å². The molecule has 0 fully saturated rings. The van der Waals surface area contributed by atoms with Crippen molar-refractivity contribution < 1.29 is 4.74 Å². The highest BCUT2D eigenvalue weighted by atomic mass is 16.5. The smallest absolute Gasteiger partial charge is 0.221 e. The number of nitrogens with two attached hydrogens (primary N) is 1. The molecule has 0 saturated heterocycles. The van der Waals surface area contributed by atoms with Crippen LogP contribution in [-0.2, 0) is 4.74 Å². The molecular weight excluding hydrogens is 194 g/mol. The summed E-state index contributed by atoms with van der Waals surface area (Å²) in [6.07, 6.45) is 1.71. The second-order valence-electron chi connectivity index (χ2n) is 3.32. The van der Waals surface area contributed by atoms with Gasteiger partial charge in [0.05, 0.1) is 12.9 Å². The second-order valence-corrected chi connectivity index (χ2v) is 3.32. The van der Waals surface area contributed by atoms with E-state index in [1.807, 2.05) is 18.7 Å². The topological polar surface area (TPSA) is 75.6 Å². The minimum absolute atomic E-state index is 0.0750. The molecule has 0 bridgehead atoms. The van der Waals surface area contributed by atoms with E-state index in [1.54, 1.807) is 6.34 Å². The third-order valence-corrected chi connectivity index (χ3v) is 2.40. The lowest BCUT2D eigenvalue weighted by Crippen LogP contribution is -2.44. The molecule has 6 heteroatoms. The lowest BCUT2D eigenvalue weighted by molar-refractivity contribution is 0.281. The minimum atomic E-state index is -0.128. The van der Waals surface area contributed by atoms with Gasteiger partial charge in [-0.15, -0.1) is 0 Å².